The van der Waals surface area contributed by atoms with Crippen LogP contribution < -0.4 is 5.32 Å². The second kappa shape index (κ2) is 8.08. The van der Waals surface area contributed by atoms with Gasteiger partial charge in [-0.3, -0.25) is 9.59 Å². The van der Waals surface area contributed by atoms with Gasteiger partial charge >= 0.3 is 11.8 Å². The van der Waals surface area contributed by atoms with Gasteiger partial charge in [-0.1, -0.05) is 19.8 Å². The van der Waals surface area contributed by atoms with E-state index in [1.165, 1.54) is 0 Å². The summed E-state index contributed by atoms with van der Waals surface area (Å²) in [6, 6.07) is 0. The van der Waals surface area contributed by atoms with Gasteiger partial charge in [0.2, 0.25) is 0 Å². The number of unbranched alkanes of at least 4 members (excludes halogenated alkanes) is 2. The summed E-state index contributed by atoms with van der Waals surface area (Å²) >= 11 is 0. The standard InChI is InChI=1S/C13H25N3O2/c1-3-4-5-9-15(2)12(17)13(18)16-10-6-7-14-8-11-16/h14H,3-11H2,1-2H3. The molecule has 18 heavy (non-hydrogen) atoms. The Morgan fingerprint density at radius 2 is 2.00 bits per heavy atom. The molecular weight excluding hydrogens is 230 g/mol. The number of carbonyl (C=O) groups is 2. The van der Waals surface area contributed by atoms with Gasteiger partial charge < -0.3 is 15.1 Å². The van der Waals surface area contributed by atoms with E-state index >= 15 is 0 Å². The van der Waals surface area contributed by atoms with Crippen molar-refractivity contribution in [1.82, 2.24) is 15.1 Å². The minimum Gasteiger partial charge on any atom is -0.338 e. The Hall–Kier alpha value is -1.10. The average molecular weight is 255 g/mol. The Morgan fingerprint density at radius 1 is 1.22 bits per heavy atom. The van der Waals surface area contributed by atoms with Crippen molar-refractivity contribution < 1.29 is 9.59 Å². The van der Waals surface area contributed by atoms with Gasteiger partial charge in [0.25, 0.3) is 0 Å². The van der Waals surface area contributed by atoms with Gasteiger partial charge in [0.05, 0.1) is 0 Å². The predicted octanol–water partition coefficient (Wildman–Crippen LogP) is 0.457. The Morgan fingerprint density at radius 3 is 2.72 bits per heavy atom. The number of carbonyl (C=O) groups excluding carboxylic acids is 2. The highest BCUT2D eigenvalue weighted by Crippen LogP contribution is 2.01. The molecule has 0 aromatic carbocycles. The fourth-order valence-electron chi connectivity index (χ4n) is 2.05. The summed E-state index contributed by atoms with van der Waals surface area (Å²) in [7, 11) is 1.71. The highest BCUT2D eigenvalue weighted by molar-refractivity contribution is 6.34. The van der Waals surface area contributed by atoms with Gasteiger partial charge in [-0.15, -0.1) is 0 Å². The zero-order valence-electron chi connectivity index (χ0n) is 11.6. The molecule has 1 fully saturated rings. The van der Waals surface area contributed by atoms with Crippen molar-refractivity contribution in [3.63, 3.8) is 0 Å². The molecular formula is C13H25N3O2. The van der Waals surface area contributed by atoms with Crippen LogP contribution >= 0.6 is 0 Å². The molecule has 1 heterocycles. The molecule has 0 atom stereocenters. The number of amides is 2. The van der Waals surface area contributed by atoms with Gasteiger partial charge in [-0.05, 0) is 19.4 Å². The lowest BCUT2D eigenvalue weighted by atomic mass is 10.2. The summed E-state index contributed by atoms with van der Waals surface area (Å²) < 4.78 is 0. The lowest BCUT2D eigenvalue weighted by molar-refractivity contribution is -0.151. The normalized spacial score (nSPS) is 16.2. The van der Waals surface area contributed by atoms with E-state index in [0.717, 1.165) is 38.8 Å². The molecule has 1 N–H and O–H groups in total. The van der Waals surface area contributed by atoms with Crippen molar-refractivity contribution in [2.24, 2.45) is 0 Å². The highest BCUT2D eigenvalue weighted by atomic mass is 16.2. The number of hydrogen-bond donors (Lipinski definition) is 1. The summed E-state index contributed by atoms with van der Waals surface area (Å²) in [6.45, 7) is 5.80. The molecule has 2 amide bonds. The molecule has 1 aliphatic rings. The van der Waals surface area contributed by atoms with Gasteiger partial charge in [-0.25, -0.2) is 0 Å². The first kappa shape index (κ1) is 15.0. The van der Waals surface area contributed by atoms with E-state index in [1.807, 2.05) is 0 Å². The van der Waals surface area contributed by atoms with E-state index in [-0.39, 0.29) is 11.8 Å². The van der Waals surface area contributed by atoms with Crippen LogP contribution in [0.4, 0.5) is 0 Å². The van der Waals surface area contributed by atoms with Crippen molar-refractivity contribution in [2.75, 3.05) is 39.8 Å². The monoisotopic (exact) mass is 255 g/mol. The number of hydrogen-bond acceptors (Lipinski definition) is 3. The molecule has 0 aliphatic carbocycles. The third-order valence-electron chi connectivity index (χ3n) is 3.25. The van der Waals surface area contributed by atoms with E-state index in [9.17, 15) is 9.59 Å². The van der Waals surface area contributed by atoms with E-state index in [4.69, 9.17) is 0 Å². The fraction of sp³-hybridized carbons (Fsp3) is 0.846. The largest absolute Gasteiger partial charge is 0.338 e. The second-order valence-electron chi connectivity index (χ2n) is 4.83. The van der Waals surface area contributed by atoms with Crippen LogP contribution in [0.2, 0.25) is 0 Å². The summed E-state index contributed by atoms with van der Waals surface area (Å²) in [6.07, 6.45) is 4.10. The predicted molar refractivity (Wildman–Crippen MR) is 71.2 cm³/mol. The minimum absolute atomic E-state index is 0.349. The maximum absolute atomic E-state index is 12.0. The van der Waals surface area contributed by atoms with Gasteiger partial charge in [0.1, 0.15) is 0 Å². The molecule has 5 heteroatoms. The van der Waals surface area contributed by atoms with Crippen LogP contribution in [0.1, 0.15) is 32.6 Å². The Bertz CT molecular complexity index is 273. The Labute approximate surface area is 110 Å². The first-order chi connectivity index (χ1) is 8.66. The smallest absolute Gasteiger partial charge is 0.312 e. The maximum Gasteiger partial charge on any atom is 0.312 e. The average Bonchev–Trinajstić information content (AvgIpc) is 2.66. The molecule has 1 rings (SSSR count). The van der Waals surface area contributed by atoms with Gasteiger partial charge in [-0.2, -0.15) is 0 Å². The molecule has 5 nitrogen and oxygen atoms in total. The Balaban J connectivity index is 2.41. The number of likely N-dealkylation sites (N-methyl/N-ethyl adjacent to an activating group) is 1. The third kappa shape index (κ3) is 4.64. The molecule has 1 saturated heterocycles. The molecule has 1 aliphatic heterocycles. The van der Waals surface area contributed by atoms with Crippen molar-refractivity contribution >= 4 is 11.8 Å². The summed E-state index contributed by atoms with van der Waals surface area (Å²) in [5.74, 6) is -0.717. The van der Waals surface area contributed by atoms with Crippen LogP contribution in [0.25, 0.3) is 0 Å². The van der Waals surface area contributed by atoms with Crippen molar-refractivity contribution in [3.05, 3.63) is 0 Å². The summed E-state index contributed by atoms with van der Waals surface area (Å²) in [4.78, 5) is 27.2. The lowest BCUT2D eigenvalue weighted by Gasteiger charge is -2.23. The molecule has 0 saturated carbocycles. The molecule has 0 unspecified atom stereocenters. The van der Waals surface area contributed by atoms with Crippen LogP contribution in [0, 0.1) is 0 Å². The van der Waals surface area contributed by atoms with Gasteiger partial charge in [0, 0.05) is 33.2 Å². The molecule has 0 aromatic rings. The number of nitrogens with zero attached hydrogens (tertiary/aromatic N) is 2. The molecule has 0 radical (unpaired) electrons. The van der Waals surface area contributed by atoms with Gasteiger partial charge in [0.15, 0.2) is 0 Å². The van der Waals surface area contributed by atoms with Crippen LogP contribution in [-0.2, 0) is 9.59 Å². The third-order valence-corrected chi connectivity index (χ3v) is 3.25. The highest BCUT2D eigenvalue weighted by Gasteiger charge is 2.24. The van der Waals surface area contributed by atoms with Crippen LogP contribution in [0.5, 0.6) is 0 Å². The fourth-order valence-corrected chi connectivity index (χ4v) is 2.05. The van der Waals surface area contributed by atoms with E-state index in [2.05, 4.69) is 12.2 Å². The van der Waals surface area contributed by atoms with Crippen molar-refractivity contribution in [2.45, 2.75) is 32.6 Å². The second-order valence-corrected chi connectivity index (χ2v) is 4.83. The van der Waals surface area contributed by atoms with Crippen LogP contribution in [0.15, 0.2) is 0 Å². The summed E-state index contributed by atoms with van der Waals surface area (Å²) in [5, 5.41) is 3.22. The topological polar surface area (TPSA) is 52.7 Å². The molecule has 0 spiro atoms. The van der Waals surface area contributed by atoms with Crippen molar-refractivity contribution in [3.8, 4) is 0 Å². The number of nitrogens with one attached hydrogen (secondary N) is 1. The first-order valence-corrected chi connectivity index (χ1v) is 6.92. The lowest BCUT2D eigenvalue weighted by Crippen LogP contribution is -2.45. The molecule has 104 valence electrons. The maximum atomic E-state index is 12.0. The molecule has 0 aromatic heterocycles. The number of rotatable bonds is 4. The van der Waals surface area contributed by atoms with E-state index < -0.39 is 0 Å². The zero-order chi connectivity index (χ0) is 13.4. The molecule has 0 bridgehead atoms. The minimum atomic E-state index is -0.368. The summed E-state index contributed by atoms with van der Waals surface area (Å²) in [5.41, 5.74) is 0. The van der Waals surface area contributed by atoms with E-state index in [0.29, 0.717) is 19.6 Å². The first-order valence-electron chi connectivity index (χ1n) is 6.92. The quantitative estimate of drug-likeness (QED) is 0.586. The van der Waals surface area contributed by atoms with Crippen LogP contribution in [-0.4, -0.2) is 61.4 Å². The zero-order valence-corrected chi connectivity index (χ0v) is 11.6. The van der Waals surface area contributed by atoms with Crippen molar-refractivity contribution in [1.29, 1.82) is 0 Å². The van der Waals surface area contributed by atoms with E-state index in [1.54, 1.807) is 16.8 Å². The Kier molecular flexibility index (Phi) is 6.72. The van der Waals surface area contributed by atoms with Crippen LogP contribution in [0.3, 0.4) is 0 Å². The SMILES string of the molecule is CCCCCN(C)C(=O)C(=O)N1CCCNCC1.